The summed E-state index contributed by atoms with van der Waals surface area (Å²) in [6, 6.07) is 5.39. The molecular weight excluding hydrogens is 454 g/mol. The van der Waals surface area contributed by atoms with Crippen molar-refractivity contribution in [1.29, 1.82) is 0 Å². The summed E-state index contributed by atoms with van der Waals surface area (Å²) in [7, 11) is -2.16. The molecule has 2 heterocycles. The number of rotatable bonds is 5. The molecule has 2 saturated heterocycles. The molecule has 9 heteroatoms. The molecule has 0 radical (unpaired) electrons. The molecule has 34 heavy (non-hydrogen) atoms. The topological polar surface area (TPSA) is 87.2 Å². The van der Waals surface area contributed by atoms with Gasteiger partial charge in [0.1, 0.15) is 6.04 Å². The number of carbonyl (C=O) groups excluding carboxylic acids is 2. The Labute approximate surface area is 202 Å². The summed E-state index contributed by atoms with van der Waals surface area (Å²) in [6.07, 6.45) is 8.21. The lowest BCUT2D eigenvalue weighted by molar-refractivity contribution is -0.147. The van der Waals surface area contributed by atoms with Crippen LogP contribution in [0.2, 0.25) is 0 Å². The van der Waals surface area contributed by atoms with Crippen LogP contribution >= 0.6 is 0 Å². The van der Waals surface area contributed by atoms with E-state index >= 15 is 0 Å². The first kappa shape index (κ1) is 23.8. The average Bonchev–Trinajstić information content (AvgIpc) is 3.48. The van der Waals surface area contributed by atoms with E-state index in [0.29, 0.717) is 23.9 Å². The van der Waals surface area contributed by atoms with Gasteiger partial charge in [-0.05, 0) is 67.7 Å². The largest absolute Gasteiger partial charge is 0.468 e. The molecule has 1 amide bonds. The van der Waals surface area contributed by atoms with Crippen molar-refractivity contribution in [3.8, 4) is 0 Å². The smallest absolute Gasteiger partial charge is 0.323 e. The summed E-state index contributed by atoms with van der Waals surface area (Å²) in [6.45, 7) is 1.51. The van der Waals surface area contributed by atoms with Crippen LogP contribution in [0.5, 0.6) is 0 Å². The van der Waals surface area contributed by atoms with Gasteiger partial charge in [-0.15, -0.1) is 0 Å². The van der Waals surface area contributed by atoms with Crippen LogP contribution < -0.4 is 0 Å². The third-order valence-corrected chi connectivity index (χ3v) is 10.2. The fourth-order valence-corrected chi connectivity index (χ4v) is 7.91. The normalized spacial score (nSPS) is 27.9. The number of likely N-dealkylation sites (tertiary alicyclic amines) is 1. The Morgan fingerprint density at radius 2 is 1.74 bits per heavy atom. The summed E-state index contributed by atoms with van der Waals surface area (Å²) in [5.74, 6) is 0.155. The Morgan fingerprint density at radius 3 is 2.50 bits per heavy atom. The monoisotopic (exact) mass is 489 g/mol. The number of sulfonamides is 1. The zero-order valence-corrected chi connectivity index (χ0v) is 20.8. The Hall–Kier alpha value is -1.97. The van der Waals surface area contributed by atoms with Crippen LogP contribution in [0.3, 0.4) is 0 Å². The van der Waals surface area contributed by atoms with E-state index in [2.05, 4.69) is 4.90 Å². The second-order valence-corrected chi connectivity index (χ2v) is 12.1. The minimum atomic E-state index is -3.57. The molecule has 1 saturated carbocycles. The lowest BCUT2D eigenvalue weighted by atomic mass is 9.85. The molecule has 3 atom stereocenters. The molecule has 0 N–H and O–H groups in total. The first-order valence-electron chi connectivity index (χ1n) is 12.6. The van der Waals surface area contributed by atoms with Crippen molar-refractivity contribution in [2.45, 2.75) is 68.3 Å². The van der Waals surface area contributed by atoms with Crippen molar-refractivity contribution in [2.24, 2.45) is 5.92 Å². The summed E-state index contributed by atoms with van der Waals surface area (Å²) in [4.78, 5) is 29.8. The molecule has 1 aromatic rings. The van der Waals surface area contributed by atoms with Crippen molar-refractivity contribution >= 4 is 21.9 Å². The van der Waals surface area contributed by atoms with E-state index in [9.17, 15) is 18.0 Å². The molecule has 0 aromatic heterocycles. The van der Waals surface area contributed by atoms with Crippen molar-refractivity contribution < 1.29 is 22.7 Å². The number of hydrogen-bond donors (Lipinski definition) is 0. The van der Waals surface area contributed by atoms with Crippen molar-refractivity contribution in [2.75, 3.05) is 39.8 Å². The molecule has 1 aromatic carbocycles. The first-order valence-corrected chi connectivity index (χ1v) is 14.1. The van der Waals surface area contributed by atoms with Crippen molar-refractivity contribution in [3.63, 3.8) is 0 Å². The highest BCUT2D eigenvalue weighted by Gasteiger charge is 2.46. The second-order valence-electron chi connectivity index (χ2n) is 10.1. The van der Waals surface area contributed by atoms with Crippen LogP contribution in [0.25, 0.3) is 0 Å². The molecule has 2 aliphatic carbocycles. The Morgan fingerprint density at radius 1 is 1.00 bits per heavy atom. The number of nitrogens with zero attached hydrogens (tertiary/aromatic N) is 3. The second kappa shape index (κ2) is 9.59. The van der Waals surface area contributed by atoms with Gasteiger partial charge in [-0.1, -0.05) is 18.9 Å². The number of carbonyl (C=O) groups is 2. The van der Waals surface area contributed by atoms with E-state index in [-0.39, 0.29) is 43.6 Å². The van der Waals surface area contributed by atoms with E-state index in [1.807, 2.05) is 12.1 Å². The van der Waals surface area contributed by atoms with Gasteiger partial charge >= 0.3 is 5.97 Å². The summed E-state index contributed by atoms with van der Waals surface area (Å²) in [5.41, 5.74) is 2.39. The van der Waals surface area contributed by atoms with Gasteiger partial charge in [-0.2, -0.15) is 4.31 Å². The predicted octanol–water partition coefficient (Wildman–Crippen LogP) is 1.81. The molecular formula is C25H35N3O5S. The maximum absolute atomic E-state index is 13.2. The van der Waals surface area contributed by atoms with Gasteiger partial charge in [-0.25, -0.2) is 8.42 Å². The molecule has 0 spiro atoms. The molecule has 5 rings (SSSR count). The summed E-state index contributed by atoms with van der Waals surface area (Å²) < 4.78 is 33.0. The Bertz CT molecular complexity index is 1050. The molecule has 186 valence electrons. The highest BCUT2D eigenvalue weighted by Crippen LogP contribution is 2.40. The summed E-state index contributed by atoms with van der Waals surface area (Å²) in [5, 5.41) is 0. The zero-order valence-electron chi connectivity index (χ0n) is 19.9. The first-order chi connectivity index (χ1) is 16.4. The number of aryl methyl sites for hydroxylation is 2. The lowest BCUT2D eigenvalue weighted by Crippen LogP contribution is -2.54. The van der Waals surface area contributed by atoms with E-state index < -0.39 is 10.0 Å². The minimum Gasteiger partial charge on any atom is -0.468 e. The van der Waals surface area contributed by atoms with Crippen LogP contribution in [-0.4, -0.2) is 86.3 Å². The Balaban J connectivity index is 1.22. The van der Waals surface area contributed by atoms with Gasteiger partial charge in [0.25, 0.3) is 0 Å². The third kappa shape index (κ3) is 4.38. The van der Waals surface area contributed by atoms with Gasteiger partial charge in [-0.3, -0.25) is 14.5 Å². The van der Waals surface area contributed by atoms with Crippen molar-refractivity contribution in [1.82, 2.24) is 14.1 Å². The van der Waals surface area contributed by atoms with Gasteiger partial charge in [0.2, 0.25) is 15.9 Å². The average molecular weight is 490 g/mol. The van der Waals surface area contributed by atoms with Gasteiger partial charge in [0.05, 0.1) is 18.6 Å². The molecule has 4 aliphatic rings. The molecule has 0 bridgehead atoms. The van der Waals surface area contributed by atoms with Crippen LogP contribution in [0.4, 0.5) is 0 Å². The van der Waals surface area contributed by atoms with Crippen LogP contribution in [0.1, 0.15) is 49.7 Å². The minimum absolute atomic E-state index is 0.0327. The van der Waals surface area contributed by atoms with E-state index in [4.69, 9.17) is 4.74 Å². The van der Waals surface area contributed by atoms with Crippen molar-refractivity contribution in [3.05, 3.63) is 29.3 Å². The number of fused-ring (bicyclic) bond motifs is 2. The molecule has 3 fully saturated rings. The van der Waals surface area contributed by atoms with E-state index in [0.717, 1.165) is 50.5 Å². The van der Waals surface area contributed by atoms with Crippen LogP contribution in [0, 0.1) is 5.92 Å². The number of ether oxygens (including phenoxy) is 1. The van der Waals surface area contributed by atoms with E-state index in [1.54, 1.807) is 11.0 Å². The van der Waals surface area contributed by atoms with Gasteiger partial charge in [0, 0.05) is 32.2 Å². The van der Waals surface area contributed by atoms with Gasteiger partial charge in [0.15, 0.2) is 0 Å². The fraction of sp³-hybridized carbons (Fsp3) is 0.680. The number of benzene rings is 1. The number of methoxy groups -OCH3 is 1. The standard InChI is InChI=1S/C25H35N3O5S/c1-33-25(30)23-16-20-5-2-3-8-22(20)28(23)17-24(29)26-11-13-27(14-12-26)34(31,32)21-10-9-18-6-4-7-19(18)15-21/h9-10,15,20,22-23H,2-8,11-14,16-17H2,1H3. The summed E-state index contributed by atoms with van der Waals surface area (Å²) >= 11 is 0. The Kier molecular flexibility index (Phi) is 6.70. The predicted molar refractivity (Wildman–Crippen MR) is 127 cm³/mol. The number of piperazine rings is 1. The number of hydrogen-bond acceptors (Lipinski definition) is 6. The number of esters is 1. The highest BCUT2D eigenvalue weighted by atomic mass is 32.2. The van der Waals surface area contributed by atoms with Crippen LogP contribution in [0.15, 0.2) is 23.1 Å². The van der Waals surface area contributed by atoms with E-state index in [1.165, 1.54) is 23.4 Å². The molecule has 2 aliphatic heterocycles. The molecule has 3 unspecified atom stereocenters. The number of amides is 1. The van der Waals surface area contributed by atoms with Gasteiger partial charge < -0.3 is 9.64 Å². The molecule has 8 nitrogen and oxygen atoms in total. The maximum Gasteiger partial charge on any atom is 0.323 e. The quantitative estimate of drug-likeness (QED) is 0.587. The maximum atomic E-state index is 13.2. The highest BCUT2D eigenvalue weighted by molar-refractivity contribution is 7.89. The fourth-order valence-electron chi connectivity index (χ4n) is 6.44. The lowest BCUT2D eigenvalue weighted by Gasteiger charge is -2.37. The third-order valence-electron chi connectivity index (χ3n) is 8.31. The zero-order chi connectivity index (χ0) is 23.9. The van der Waals surface area contributed by atoms with Crippen LogP contribution in [-0.2, 0) is 37.2 Å². The SMILES string of the molecule is COC(=O)C1CC2CCCCC2N1CC(=O)N1CCN(S(=O)(=O)c2ccc3c(c2)CCC3)CC1.